The van der Waals surface area contributed by atoms with Crippen LogP contribution in [0.25, 0.3) is 6.08 Å². The molecule has 2 N–H and O–H groups in total. The van der Waals surface area contributed by atoms with Crippen LogP contribution in [0.3, 0.4) is 0 Å². The predicted octanol–water partition coefficient (Wildman–Crippen LogP) is 1.94. The molecular formula is C12H15BO3. The number of carbonyl (C=O) groups is 1. The van der Waals surface area contributed by atoms with E-state index in [0.717, 1.165) is 29.9 Å². The Morgan fingerprint density at radius 3 is 2.50 bits per heavy atom. The van der Waals surface area contributed by atoms with Gasteiger partial charge in [-0.2, -0.15) is 0 Å². The summed E-state index contributed by atoms with van der Waals surface area (Å²) < 4.78 is 0. The first-order chi connectivity index (χ1) is 7.58. The van der Waals surface area contributed by atoms with E-state index in [1.165, 1.54) is 0 Å². The maximum atomic E-state index is 10.3. The van der Waals surface area contributed by atoms with E-state index in [4.69, 9.17) is 10.1 Å². The summed E-state index contributed by atoms with van der Waals surface area (Å²) in [6, 6.07) is 7.64. The summed E-state index contributed by atoms with van der Waals surface area (Å²) in [7, 11) is 0. The van der Waals surface area contributed by atoms with Crippen LogP contribution in [-0.2, 0) is 11.2 Å². The van der Waals surface area contributed by atoms with E-state index in [1.54, 1.807) is 12.9 Å². The van der Waals surface area contributed by atoms with Crippen molar-refractivity contribution in [3.63, 3.8) is 0 Å². The van der Waals surface area contributed by atoms with Crippen molar-refractivity contribution in [2.24, 2.45) is 0 Å². The Bertz CT molecular complexity index is 368. The van der Waals surface area contributed by atoms with Crippen LogP contribution in [0.5, 0.6) is 0 Å². The van der Waals surface area contributed by atoms with Crippen LogP contribution in [-0.4, -0.2) is 23.0 Å². The van der Waals surface area contributed by atoms with Crippen molar-refractivity contribution in [1.82, 2.24) is 0 Å². The van der Waals surface area contributed by atoms with E-state index in [2.05, 4.69) is 0 Å². The highest BCUT2D eigenvalue weighted by Gasteiger charge is 2.02. The van der Waals surface area contributed by atoms with Gasteiger partial charge in [-0.3, -0.25) is 0 Å². The molecular weight excluding hydrogens is 203 g/mol. The number of carboxylic acids is 1. The zero-order chi connectivity index (χ0) is 12.0. The van der Waals surface area contributed by atoms with Gasteiger partial charge in [0, 0.05) is 6.08 Å². The van der Waals surface area contributed by atoms with Gasteiger partial charge >= 0.3 is 5.97 Å². The first-order valence-corrected chi connectivity index (χ1v) is 5.26. The van der Waals surface area contributed by atoms with Crippen LogP contribution in [0.1, 0.15) is 11.1 Å². The summed E-state index contributed by atoms with van der Waals surface area (Å²) in [5, 5.41) is 17.6. The van der Waals surface area contributed by atoms with Crippen molar-refractivity contribution in [2.45, 2.75) is 19.6 Å². The van der Waals surface area contributed by atoms with Crippen molar-refractivity contribution in [1.29, 1.82) is 0 Å². The third-order valence-corrected chi connectivity index (χ3v) is 2.25. The number of aliphatic carboxylic acids is 1. The number of rotatable bonds is 5. The van der Waals surface area contributed by atoms with Gasteiger partial charge in [0.15, 0.2) is 0 Å². The minimum Gasteiger partial charge on any atom is -0.478 e. The molecule has 0 saturated heterocycles. The van der Waals surface area contributed by atoms with Gasteiger partial charge in [0.25, 0.3) is 6.92 Å². The van der Waals surface area contributed by atoms with Crippen molar-refractivity contribution in [3.05, 3.63) is 41.5 Å². The fourth-order valence-electron chi connectivity index (χ4n) is 1.34. The third kappa shape index (κ3) is 4.80. The van der Waals surface area contributed by atoms with Crippen molar-refractivity contribution in [3.8, 4) is 0 Å². The summed E-state index contributed by atoms with van der Waals surface area (Å²) in [6.45, 7) is 1.48. The van der Waals surface area contributed by atoms with Crippen molar-refractivity contribution in [2.75, 3.05) is 0 Å². The second-order valence-corrected chi connectivity index (χ2v) is 3.80. The lowest BCUT2D eigenvalue weighted by atomic mass is 9.66. The third-order valence-electron chi connectivity index (χ3n) is 2.25. The molecule has 0 aromatic heterocycles. The van der Waals surface area contributed by atoms with Crippen LogP contribution in [0.4, 0.5) is 0 Å². The molecule has 0 radical (unpaired) electrons. The van der Waals surface area contributed by atoms with Gasteiger partial charge in [-0.25, -0.2) is 4.79 Å². The Morgan fingerprint density at radius 1 is 1.38 bits per heavy atom. The Labute approximate surface area is 95.5 Å². The number of hydrogen-bond donors (Lipinski definition) is 2. The van der Waals surface area contributed by atoms with Gasteiger partial charge in [0.05, 0.1) is 0 Å². The molecule has 0 heterocycles. The summed E-state index contributed by atoms with van der Waals surface area (Å²) in [6.07, 6.45) is 4.25. The van der Waals surface area contributed by atoms with Gasteiger partial charge < -0.3 is 10.1 Å². The summed E-state index contributed by atoms with van der Waals surface area (Å²) in [5.74, 6) is -0.946. The number of hydrogen-bond acceptors (Lipinski definition) is 2. The molecule has 16 heavy (non-hydrogen) atoms. The molecule has 1 rings (SSSR count). The molecule has 0 amide bonds. The monoisotopic (exact) mass is 218 g/mol. The van der Waals surface area contributed by atoms with Gasteiger partial charge in [-0.05, 0) is 29.9 Å². The molecule has 0 aliphatic heterocycles. The molecule has 0 saturated carbocycles. The molecule has 0 aliphatic carbocycles. The highest BCUT2D eigenvalue weighted by molar-refractivity contribution is 6.48. The van der Waals surface area contributed by atoms with E-state index in [0.29, 0.717) is 0 Å². The first kappa shape index (κ1) is 12.5. The van der Waals surface area contributed by atoms with E-state index < -0.39 is 5.97 Å². The SMILES string of the molecule is CB(O)CCc1ccc(/C=C/C(=O)O)cc1. The lowest BCUT2D eigenvalue weighted by Gasteiger charge is -2.02. The predicted molar refractivity (Wildman–Crippen MR) is 65.5 cm³/mol. The van der Waals surface area contributed by atoms with E-state index >= 15 is 0 Å². The molecule has 1 aromatic carbocycles. The standard InChI is InChI=1S/C12H15BO3/c1-13(16)9-8-11-4-2-10(3-5-11)6-7-12(14)15/h2-7,16H,8-9H2,1H3,(H,14,15)/b7-6+. The average Bonchev–Trinajstić information content (AvgIpc) is 2.25. The molecule has 4 heteroatoms. The highest BCUT2D eigenvalue weighted by Crippen LogP contribution is 2.09. The van der Waals surface area contributed by atoms with E-state index in [-0.39, 0.29) is 6.92 Å². The fourth-order valence-corrected chi connectivity index (χ4v) is 1.34. The number of aryl methyl sites for hydroxylation is 1. The highest BCUT2D eigenvalue weighted by atomic mass is 16.4. The largest absolute Gasteiger partial charge is 0.478 e. The summed E-state index contributed by atoms with van der Waals surface area (Å²) >= 11 is 0. The van der Waals surface area contributed by atoms with Crippen LogP contribution >= 0.6 is 0 Å². The van der Waals surface area contributed by atoms with E-state index in [1.807, 2.05) is 24.3 Å². The fraction of sp³-hybridized carbons (Fsp3) is 0.250. The minimum atomic E-state index is -0.946. The van der Waals surface area contributed by atoms with Crippen LogP contribution in [0, 0.1) is 0 Å². The Kier molecular flexibility index (Phi) is 4.80. The zero-order valence-corrected chi connectivity index (χ0v) is 9.26. The Morgan fingerprint density at radius 2 is 2.00 bits per heavy atom. The number of benzene rings is 1. The molecule has 0 atom stereocenters. The normalized spacial score (nSPS) is 10.6. The molecule has 0 aliphatic rings. The summed E-state index contributed by atoms with van der Waals surface area (Å²) in [4.78, 5) is 10.3. The smallest absolute Gasteiger partial charge is 0.328 e. The van der Waals surface area contributed by atoms with Gasteiger partial charge in [0.2, 0.25) is 0 Å². The molecule has 3 nitrogen and oxygen atoms in total. The van der Waals surface area contributed by atoms with E-state index in [9.17, 15) is 4.79 Å². The van der Waals surface area contributed by atoms with Gasteiger partial charge in [-0.1, -0.05) is 31.1 Å². The van der Waals surface area contributed by atoms with Gasteiger partial charge in [0.1, 0.15) is 0 Å². The quantitative estimate of drug-likeness (QED) is 0.586. The van der Waals surface area contributed by atoms with Gasteiger partial charge in [-0.15, -0.1) is 0 Å². The lowest BCUT2D eigenvalue weighted by Crippen LogP contribution is -2.05. The first-order valence-electron chi connectivity index (χ1n) is 5.26. The zero-order valence-electron chi connectivity index (χ0n) is 9.26. The second-order valence-electron chi connectivity index (χ2n) is 3.80. The molecule has 0 unspecified atom stereocenters. The number of carboxylic acid groups (broad SMARTS) is 1. The lowest BCUT2D eigenvalue weighted by molar-refractivity contribution is -0.131. The van der Waals surface area contributed by atoms with Crippen LogP contribution in [0.15, 0.2) is 30.3 Å². The average molecular weight is 218 g/mol. The Balaban J connectivity index is 2.57. The molecule has 0 fully saturated rings. The van der Waals surface area contributed by atoms with Crippen molar-refractivity contribution >= 4 is 19.0 Å². The summed E-state index contributed by atoms with van der Waals surface area (Å²) in [5.41, 5.74) is 2.01. The Hall–Kier alpha value is -1.55. The molecule has 0 spiro atoms. The molecule has 1 aromatic rings. The van der Waals surface area contributed by atoms with Crippen LogP contribution in [0.2, 0.25) is 13.1 Å². The van der Waals surface area contributed by atoms with Crippen LogP contribution < -0.4 is 0 Å². The molecule has 84 valence electrons. The van der Waals surface area contributed by atoms with Crippen molar-refractivity contribution < 1.29 is 14.9 Å². The molecule has 0 bridgehead atoms. The minimum absolute atomic E-state index is 0.286. The maximum absolute atomic E-state index is 10.3. The topological polar surface area (TPSA) is 57.5 Å². The maximum Gasteiger partial charge on any atom is 0.328 e. The second kappa shape index (κ2) is 6.13.